The summed E-state index contributed by atoms with van der Waals surface area (Å²) in [6.07, 6.45) is 4.99. The monoisotopic (exact) mass is 314 g/mol. The van der Waals surface area contributed by atoms with Crippen LogP contribution in [0.5, 0.6) is 0 Å². The summed E-state index contributed by atoms with van der Waals surface area (Å²) in [4.78, 5) is 8.60. The number of anilines is 1. The molecule has 2 aromatic heterocycles. The van der Waals surface area contributed by atoms with E-state index in [1.165, 1.54) is 6.33 Å². The highest BCUT2D eigenvalue weighted by atomic mass is 15.3. The summed E-state index contributed by atoms with van der Waals surface area (Å²) in [6.45, 7) is 0. The first-order valence-corrected chi connectivity index (χ1v) is 7.50. The minimum atomic E-state index is 0.620. The van der Waals surface area contributed by atoms with E-state index >= 15 is 0 Å². The molecule has 24 heavy (non-hydrogen) atoms. The number of fused-ring (bicyclic) bond motifs is 1. The van der Waals surface area contributed by atoms with E-state index in [-0.39, 0.29) is 0 Å². The van der Waals surface area contributed by atoms with Crippen molar-refractivity contribution in [2.45, 2.75) is 0 Å². The van der Waals surface area contributed by atoms with E-state index < -0.39 is 0 Å². The number of benzene rings is 2. The number of para-hydroxylation sites is 1. The first-order valence-electron chi connectivity index (χ1n) is 7.50. The van der Waals surface area contributed by atoms with E-state index in [0.29, 0.717) is 5.82 Å². The van der Waals surface area contributed by atoms with Crippen LogP contribution in [-0.2, 0) is 0 Å². The molecule has 0 radical (unpaired) electrons. The van der Waals surface area contributed by atoms with Gasteiger partial charge in [0.25, 0.3) is 0 Å². The molecule has 0 unspecified atom stereocenters. The van der Waals surface area contributed by atoms with Gasteiger partial charge in [-0.15, -0.1) is 0 Å². The summed E-state index contributed by atoms with van der Waals surface area (Å²) in [7, 11) is 0. The Morgan fingerprint density at radius 1 is 0.917 bits per heavy atom. The predicted octanol–water partition coefficient (Wildman–Crippen LogP) is 3.26. The highest BCUT2D eigenvalue weighted by Crippen LogP contribution is 2.21. The molecule has 0 bridgehead atoms. The van der Waals surface area contributed by atoms with Crippen LogP contribution < -0.4 is 5.43 Å². The lowest BCUT2D eigenvalue weighted by Gasteiger charge is -2.03. The Labute approximate surface area is 138 Å². The van der Waals surface area contributed by atoms with Crippen LogP contribution in [0.3, 0.4) is 0 Å². The standard InChI is InChI=1S/C18H14N6/c1-3-7-14(8-4-1)11-21-23-17-16-12-22-24(18(16)20-13-19-17)15-9-5-2-6-10-15/h1-13H,(H,19,20,23)/b21-11-. The Balaban J connectivity index is 1.65. The third-order valence-electron chi connectivity index (χ3n) is 3.55. The molecule has 0 aliphatic rings. The van der Waals surface area contributed by atoms with Crippen LogP contribution in [0.2, 0.25) is 0 Å². The van der Waals surface area contributed by atoms with Gasteiger partial charge >= 0.3 is 0 Å². The van der Waals surface area contributed by atoms with Crippen molar-refractivity contribution >= 4 is 23.1 Å². The number of hydrazone groups is 1. The average molecular weight is 314 g/mol. The molecule has 6 heteroatoms. The first kappa shape index (κ1) is 14.1. The van der Waals surface area contributed by atoms with Gasteiger partial charge in [0.05, 0.1) is 23.5 Å². The lowest BCUT2D eigenvalue weighted by molar-refractivity contribution is 0.895. The fourth-order valence-electron chi connectivity index (χ4n) is 2.40. The second kappa shape index (κ2) is 6.29. The van der Waals surface area contributed by atoms with Crippen molar-refractivity contribution in [1.82, 2.24) is 19.7 Å². The van der Waals surface area contributed by atoms with Gasteiger partial charge in [0.2, 0.25) is 0 Å². The number of hydrogen-bond donors (Lipinski definition) is 1. The van der Waals surface area contributed by atoms with Crippen LogP contribution in [0, 0.1) is 0 Å². The molecule has 0 saturated carbocycles. The van der Waals surface area contributed by atoms with Crippen molar-refractivity contribution in [3.8, 4) is 5.69 Å². The summed E-state index contributed by atoms with van der Waals surface area (Å²) in [5, 5.41) is 9.47. The second-order valence-corrected chi connectivity index (χ2v) is 5.13. The molecule has 0 fully saturated rings. The van der Waals surface area contributed by atoms with Crippen molar-refractivity contribution < 1.29 is 0 Å². The molecule has 0 saturated heterocycles. The van der Waals surface area contributed by atoms with E-state index in [2.05, 4.69) is 25.6 Å². The maximum absolute atomic E-state index is 4.41. The van der Waals surface area contributed by atoms with Crippen molar-refractivity contribution in [2.24, 2.45) is 5.10 Å². The number of rotatable bonds is 4. The van der Waals surface area contributed by atoms with Crippen LogP contribution in [-0.4, -0.2) is 26.0 Å². The molecule has 0 aliphatic carbocycles. The fourth-order valence-corrected chi connectivity index (χ4v) is 2.40. The van der Waals surface area contributed by atoms with Crippen LogP contribution in [0.25, 0.3) is 16.7 Å². The van der Waals surface area contributed by atoms with E-state index in [9.17, 15) is 0 Å². The van der Waals surface area contributed by atoms with Crippen LogP contribution in [0.1, 0.15) is 5.56 Å². The van der Waals surface area contributed by atoms with E-state index in [4.69, 9.17) is 0 Å². The molecule has 0 aliphatic heterocycles. The van der Waals surface area contributed by atoms with Gasteiger partial charge in [-0.05, 0) is 17.7 Å². The molecule has 1 N–H and O–H groups in total. The summed E-state index contributed by atoms with van der Waals surface area (Å²) < 4.78 is 1.78. The molecule has 2 heterocycles. The second-order valence-electron chi connectivity index (χ2n) is 5.13. The molecule has 0 amide bonds. The van der Waals surface area contributed by atoms with Gasteiger partial charge in [-0.2, -0.15) is 10.2 Å². The largest absolute Gasteiger partial charge is 0.261 e. The summed E-state index contributed by atoms with van der Waals surface area (Å²) in [5.41, 5.74) is 5.65. The number of nitrogens with zero attached hydrogens (tertiary/aromatic N) is 5. The molecular formula is C18H14N6. The Morgan fingerprint density at radius 2 is 1.67 bits per heavy atom. The van der Waals surface area contributed by atoms with E-state index in [1.807, 2.05) is 60.7 Å². The Morgan fingerprint density at radius 3 is 2.46 bits per heavy atom. The molecule has 116 valence electrons. The summed E-state index contributed by atoms with van der Waals surface area (Å²) in [5.74, 6) is 0.620. The normalized spacial score (nSPS) is 11.2. The minimum Gasteiger partial charge on any atom is -0.261 e. The number of nitrogens with one attached hydrogen (secondary N) is 1. The molecular weight excluding hydrogens is 300 g/mol. The van der Waals surface area contributed by atoms with Gasteiger partial charge in [-0.1, -0.05) is 48.5 Å². The van der Waals surface area contributed by atoms with Gasteiger partial charge in [-0.3, -0.25) is 5.43 Å². The zero-order valence-electron chi connectivity index (χ0n) is 12.7. The van der Waals surface area contributed by atoms with Gasteiger partial charge in [0.1, 0.15) is 6.33 Å². The smallest absolute Gasteiger partial charge is 0.168 e. The first-order chi connectivity index (χ1) is 11.9. The molecule has 0 spiro atoms. The molecule has 2 aromatic carbocycles. The van der Waals surface area contributed by atoms with Crippen LogP contribution in [0.15, 0.2) is 78.3 Å². The lowest BCUT2D eigenvalue weighted by Crippen LogP contribution is -1.99. The maximum atomic E-state index is 4.41. The minimum absolute atomic E-state index is 0.620. The Bertz CT molecular complexity index is 976. The third kappa shape index (κ3) is 2.72. The van der Waals surface area contributed by atoms with Gasteiger partial charge in [-0.25, -0.2) is 14.6 Å². The molecule has 4 rings (SSSR count). The van der Waals surface area contributed by atoms with Crippen molar-refractivity contribution in [3.63, 3.8) is 0 Å². The molecule has 4 aromatic rings. The fraction of sp³-hybridized carbons (Fsp3) is 0. The van der Waals surface area contributed by atoms with Crippen LogP contribution >= 0.6 is 0 Å². The van der Waals surface area contributed by atoms with Gasteiger partial charge in [0.15, 0.2) is 11.5 Å². The topological polar surface area (TPSA) is 68.0 Å². The Kier molecular flexibility index (Phi) is 3.69. The maximum Gasteiger partial charge on any atom is 0.168 e. The van der Waals surface area contributed by atoms with Gasteiger partial charge < -0.3 is 0 Å². The van der Waals surface area contributed by atoms with Crippen molar-refractivity contribution in [3.05, 3.63) is 78.8 Å². The predicted molar refractivity (Wildman–Crippen MR) is 94.3 cm³/mol. The lowest BCUT2D eigenvalue weighted by atomic mass is 10.2. The number of hydrogen-bond acceptors (Lipinski definition) is 5. The zero-order chi connectivity index (χ0) is 16.2. The molecule has 0 atom stereocenters. The van der Waals surface area contributed by atoms with Gasteiger partial charge in [0, 0.05) is 0 Å². The highest BCUT2D eigenvalue weighted by Gasteiger charge is 2.10. The van der Waals surface area contributed by atoms with Crippen molar-refractivity contribution in [2.75, 3.05) is 5.43 Å². The summed E-state index contributed by atoms with van der Waals surface area (Å²) >= 11 is 0. The van der Waals surface area contributed by atoms with E-state index in [1.54, 1.807) is 17.1 Å². The third-order valence-corrected chi connectivity index (χ3v) is 3.55. The highest BCUT2D eigenvalue weighted by molar-refractivity contribution is 5.88. The summed E-state index contributed by atoms with van der Waals surface area (Å²) in [6, 6.07) is 19.7. The average Bonchev–Trinajstić information content (AvgIpc) is 3.08. The quantitative estimate of drug-likeness (QED) is 0.464. The Hall–Kier alpha value is -3.54. The SMILES string of the molecule is C(=N/Nc1ncnc2c1cnn2-c1ccccc1)/c1ccccc1. The molecule has 6 nitrogen and oxygen atoms in total. The van der Waals surface area contributed by atoms with E-state index in [0.717, 1.165) is 22.3 Å². The van der Waals surface area contributed by atoms with Crippen molar-refractivity contribution in [1.29, 1.82) is 0 Å². The zero-order valence-corrected chi connectivity index (χ0v) is 12.7. The number of aromatic nitrogens is 4. The van der Waals surface area contributed by atoms with Crippen LogP contribution in [0.4, 0.5) is 5.82 Å².